The van der Waals surface area contributed by atoms with Crippen LogP contribution >= 0.6 is 0 Å². The second-order valence-corrected chi connectivity index (χ2v) is 6.07. The Hall–Kier alpha value is -1.91. The summed E-state index contributed by atoms with van der Waals surface area (Å²) < 4.78 is 0. The molecule has 0 aliphatic carbocycles. The van der Waals surface area contributed by atoms with Gasteiger partial charge in [0, 0.05) is 6.20 Å². The fourth-order valence-electron chi connectivity index (χ4n) is 2.60. The van der Waals surface area contributed by atoms with E-state index < -0.39 is 11.6 Å². The molecule has 0 aromatic carbocycles. The molecule has 2 unspecified atom stereocenters. The second kappa shape index (κ2) is 5.84. The molecule has 0 spiro atoms. The zero-order chi connectivity index (χ0) is 15.6. The van der Waals surface area contributed by atoms with E-state index in [9.17, 15) is 9.59 Å². The molecule has 2 rings (SSSR count). The molecule has 1 aromatic rings. The van der Waals surface area contributed by atoms with E-state index in [4.69, 9.17) is 0 Å². The fraction of sp³-hybridized carbons (Fsp3) is 0.562. The van der Waals surface area contributed by atoms with Crippen LogP contribution in [0.25, 0.3) is 0 Å². The van der Waals surface area contributed by atoms with Crippen LogP contribution in [-0.2, 0) is 16.1 Å². The monoisotopic (exact) mass is 289 g/mol. The lowest BCUT2D eigenvalue weighted by Gasteiger charge is -2.46. The van der Waals surface area contributed by atoms with Gasteiger partial charge in [-0.15, -0.1) is 0 Å². The molecule has 1 fully saturated rings. The van der Waals surface area contributed by atoms with E-state index in [0.29, 0.717) is 13.0 Å². The summed E-state index contributed by atoms with van der Waals surface area (Å²) in [7, 11) is 0. The van der Waals surface area contributed by atoms with Gasteiger partial charge >= 0.3 is 0 Å². The van der Waals surface area contributed by atoms with Crippen LogP contribution in [0.1, 0.15) is 39.8 Å². The minimum Gasteiger partial charge on any atom is -0.342 e. The number of amides is 2. The maximum absolute atomic E-state index is 12.8. The van der Waals surface area contributed by atoms with Gasteiger partial charge in [-0.05, 0) is 31.4 Å². The van der Waals surface area contributed by atoms with Gasteiger partial charge < -0.3 is 10.2 Å². The first-order valence-electron chi connectivity index (χ1n) is 7.42. The van der Waals surface area contributed by atoms with Gasteiger partial charge in [0.25, 0.3) is 0 Å². The lowest BCUT2D eigenvalue weighted by molar-refractivity contribution is -0.159. The number of piperazine rings is 1. The maximum Gasteiger partial charge on any atom is 0.246 e. The normalized spacial score (nSPS) is 26.1. The molecule has 21 heavy (non-hydrogen) atoms. The number of carbonyl (C=O) groups excluding carboxylic acids is 2. The molecule has 2 heterocycles. The molecule has 1 aliphatic rings. The molecule has 0 radical (unpaired) electrons. The molecule has 5 heteroatoms. The predicted molar refractivity (Wildman–Crippen MR) is 80.3 cm³/mol. The highest BCUT2D eigenvalue weighted by Gasteiger charge is 2.48. The molecule has 114 valence electrons. The Morgan fingerprint density at radius 3 is 2.62 bits per heavy atom. The molecule has 5 nitrogen and oxygen atoms in total. The van der Waals surface area contributed by atoms with E-state index in [0.717, 1.165) is 5.69 Å². The van der Waals surface area contributed by atoms with Crippen LogP contribution in [0.2, 0.25) is 0 Å². The average Bonchev–Trinajstić information content (AvgIpc) is 2.48. The second-order valence-electron chi connectivity index (χ2n) is 6.07. The number of rotatable bonds is 4. The maximum atomic E-state index is 12.8. The van der Waals surface area contributed by atoms with Crippen molar-refractivity contribution < 1.29 is 9.59 Å². The predicted octanol–water partition coefficient (Wildman–Crippen LogP) is 1.73. The van der Waals surface area contributed by atoms with Crippen LogP contribution in [0.15, 0.2) is 24.4 Å². The number of hydrogen-bond donors (Lipinski definition) is 1. The van der Waals surface area contributed by atoms with E-state index in [2.05, 4.69) is 10.3 Å². The van der Waals surface area contributed by atoms with E-state index in [1.54, 1.807) is 11.1 Å². The zero-order valence-corrected chi connectivity index (χ0v) is 13.1. The van der Waals surface area contributed by atoms with Crippen molar-refractivity contribution in [2.45, 2.75) is 52.2 Å². The lowest BCUT2D eigenvalue weighted by Crippen LogP contribution is -2.69. The number of nitrogens with one attached hydrogen (secondary N) is 1. The van der Waals surface area contributed by atoms with Gasteiger partial charge in [-0.3, -0.25) is 14.6 Å². The molecular formula is C16H23N3O2. The summed E-state index contributed by atoms with van der Waals surface area (Å²) in [6.45, 7) is 7.99. The van der Waals surface area contributed by atoms with Gasteiger partial charge in [0.05, 0.1) is 12.2 Å². The first-order valence-corrected chi connectivity index (χ1v) is 7.42. The van der Waals surface area contributed by atoms with Crippen molar-refractivity contribution in [2.75, 3.05) is 0 Å². The van der Waals surface area contributed by atoms with Crippen LogP contribution in [0, 0.1) is 5.92 Å². The number of pyridine rings is 1. The number of hydrogen-bond acceptors (Lipinski definition) is 3. The van der Waals surface area contributed by atoms with Crippen LogP contribution in [0.5, 0.6) is 0 Å². The first kappa shape index (κ1) is 15.5. The van der Waals surface area contributed by atoms with Crippen molar-refractivity contribution in [1.82, 2.24) is 15.2 Å². The quantitative estimate of drug-likeness (QED) is 0.918. The molecule has 1 N–H and O–H groups in total. The van der Waals surface area contributed by atoms with Crippen molar-refractivity contribution in [2.24, 2.45) is 5.92 Å². The minimum atomic E-state index is -0.819. The Morgan fingerprint density at radius 1 is 1.38 bits per heavy atom. The van der Waals surface area contributed by atoms with Crippen LogP contribution < -0.4 is 5.32 Å². The van der Waals surface area contributed by atoms with Crippen LogP contribution in [0.4, 0.5) is 0 Å². The van der Waals surface area contributed by atoms with Gasteiger partial charge in [-0.2, -0.15) is 0 Å². The molecule has 2 amide bonds. The smallest absolute Gasteiger partial charge is 0.246 e. The Kier molecular flexibility index (Phi) is 4.30. The largest absolute Gasteiger partial charge is 0.342 e. The molecule has 2 atom stereocenters. The highest BCUT2D eigenvalue weighted by Crippen LogP contribution is 2.28. The van der Waals surface area contributed by atoms with Crippen molar-refractivity contribution >= 4 is 11.8 Å². The summed E-state index contributed by atoms with van der Waals surface area (Å²) >= 11 is 0. The van der Waals surface area contributed by atoms with E-state index >= 15 is 0 Å². The molecular weight excluding hydrogens is 266 g/mol. The van der Waals surface area contributed by atoms with Crippen LogP contribution in [-0.4, -0.2) is 33.3 Å². The fourth-order valence-corrected chi connectivity index (χ4v) is 2.60. The highest BCUT2D eigenvalue weighted by molar-refractivity contribution is 5.99. The highest BCUT2D eigenvalue weighted by atomic mass is 16.2. The third kappa shape index (κ3) is 2.77. The third-order valence-electron chi connectivity index (χ3n) is 4.30. The molecule has 0 bridgehead atoms. The Balaban J connectivity index is 2.35. The Bertz CT molecular complexity index is 530. The molecule has 1 saturated heterocycles. The summed E-state index contributed by atoms with van der Waals surface area (Å²) in [5, 5.41) is 2.87. The SMILES string of the molecule is CCC1(C)C(=O)NC(C(C)C)C(=O)N1Cc1ccccn1. The summed E-state index contributed by atoms with van der Waals surface area (Å²) in [4.78, 5) is 31.2. The van der Waals surface area contributed by atoms with Gasteiger partial charge in [0.1, 0.15) is 11.6 Å². The van der Waals surface area contributed by atoms with Crippen molar-refractivity contribution in [3.8, 4) is 0 Å². The number of aromatic nitrogens is 1. The Labute approximate surface area is 125 Å². The lowest BCUT2D eigenvalue weighted by atomic mass is 9.87. The number of nitrogens with zero attached hydrogens (tertiary/aromatic N) is 2. The number of carbonyl (C=O) groups is 2. The Morgan fingerprint density at radius 2 is 2.10 bits per heavy atom. The first-order chi connectivity index (χ1) is 9.90. The van der Waals surface area contributed by atoms with Gasteiger partial charge in [0.2, 0.25) is 11.8 Å². The summed E-state index contributed by atoms with van der Waals surface area (Å²) in [5.74, 6) is -0.0482. The molecule has 1 aromatic heterocycles. The molecule has 0 saturated carbocycles. The third-order valence-corrected chi connectivity index (χ3v) is 4.30. The van der Waals surface area contributed by atoms with E-state index in [1.807, 2.05) is 45.9 Å². The van der Waals surface area contributed by atoms with Crippen molar-refractivity contribution in [3.63, 3.8) is 0 Å². The van der Waals surface area contributed by atoms with Crippen molar-refractivity contribution in [1.29, 1.82) is 0 Å². The van der Waals surface area contributed by atoms with E-state index in [1.165, 1.54) is 0 Å². The van der Waals surface area contributed by atoms with E-state index in [-0.39, 0.29) is 17.7 Å². The summed E-state index contributed by atoms with van der Waals surface area (Å²) in [6, 6.07) is 5.14. The average molecular weight is 289 g/mol. The topological polar surface area (TPSA) is 62.3 Å². The van der Waals surface area contributed by atoms with Gasteiger partial charge in [-0.1, -0.05) is 26.8 Å². The standard InChI is InChI=1S/C16H23N3O2/c1-5-16(4)15(21)18-13(11(2)3)14(20)19(16)10-12-8-6-7-9-17-12/h6-9,11,13H,5,10H2,1-4H3,(H,18,21). The van der Waals surface area contributed by atoms with Crippen molar-refractivity contribution in [3.05, 3.63) is 30.1 Å². The van der Waals surface area contributed by atoms with Gasteiger partial charge in [0.15, 0.2) is 0 Å². The molecule has 1 aliphatic heterocycles. The van der Waals surface area contributed by atoms with Gasteiger partial charge in [-0.25, -0.2) is 0 Å². The summed E-state index contributed by atoms with van der Waals surface area (Å²) in [6.07, 6.45) is 2.27. The zero-order valence-electron chi connectivity index (χ0n) is 13.1. The van der Waals surface area contributed by atoms with Crippen LogP contribution in [0.3, 0.4) is 0 Å². The summed E-state index contributed by atoms with van der Waals surface area (Å²) in [5.41, 5.74) is -0.0253. The minimum absolute atomic E-state index is 0.0281.